The van der Waals surface area contributed by atoms with Gasteiger partial charge in [-0.3, -0.25) is 14.5 Å². The molecule has 0 radical (unpaired) electrons. The van der Waals surface area contributed by atoms with Gasteiger partial charge in [-0.1, -0.05) is 6.07 Å². The van der Waals surface area contributed by atoms with Crippen LogP contribution in [0.25, 0.3) is 0 Å². The molecule has 3 aliphatic rings. The lowest BCUT2D eigenvalue weighted by Crippen LogP contribution is -2.60. The number of hydrogen-bond acceptors (Lipinski definition) is 5. The van der Waals surface area contributed by atoms with E-state index < -0.39 is 17.4 Å². The van der Waals surface area contributed by atoms with Crippen molar-refractivity contribution in [2.24, 2.45) is 11.7 Å². The summed E-state index contributed by atoms with van der Waals surface area (Å²) in [5.74, 6) is -0.599. The number of aromatic hydroxyl groups is 1. The standard InChI is InChI=1S/C20H26N2O4/c1-22(10-11-2-3-11)16-8-12-4-5-14(19(21)25)18(24)17(12)15-9-13(23)6-7-20(15,16)26/h4-5,11,15-16,24,26H,2-3,6-10H2,1H3,(H2,21,25)/t15?,16-,20+/m1/s1. The van der Waals surface area contributed by atoms with Crippen molar-refractivity contribution >= 4 is 11.7 Å². The van der Waals surface area contributed by atoms with Gasteiger partial charge >= 0.3 is 0 Å². The molecule has 0 bridgehead atoms. The summed E-state index contributed by atoms with van der Waals surface area (Å²) in [6, 6.07) is 3.25. The van der Waals surface area contributed by atoms with E-state index in [-0.39, 0.29) is 29.6 Å². The number of ketones is 1. The largest absolute Gasteiger partial charge is 0.507 e. The summed E-state index contributed by atoms with van der Waals surface area (Å²) in [4.78, 5) is 26.0. The van der Waals surface area contributed by atoms with Crippen molar-refractivity contribution in [3.8, 4) is 5.75 Å². The fourth-order valence-corrected chi connectivity index (χ4v) is 4.94. The number of carbonyl (C=O) groups excluding carboxylic acids is 2. The Labute approximate surface area is 153 Å². The number of primary amides is 1. The quantitative estimate of drug-likeness (QED) is 0.753. The van der Waals surface area contributed by atoms with Crippen molar-refractivity contribution in [1.82, 2.24) is 4.90 Å². The maximum Gasteiger partial charge on any atom is 0.252 e. The van der Waals surface area contributed by atoms with Crippen LogP contribution in [0.1, 0.15) is 59.5 Å². The number of likely N-dealkylation sites (N-methyl/N-ethyl adjacent to an activating group) is 1. The van der Waals surface area contributed by atoms with Crippen molar-refractivity contribution in [2.45, 2.75) is 56.1 Å². The van der Waals surface area contributed by atoms with Gasteiger partial charge in [0, 0.05) is 36.9 Å². The molecule has 6 nitrogen and oxygen atoms in total. The minimum Gasteiger partial charge on any atom is -0.507 e. The molecule has 4 N–H and O–H groups in total. The summed E-state index contributed by atoms with van der Waals surface area (Å²) in [6.45, 7) is 0.939. The first-order valence-corrected chi connectivity index (χ1v) is 9.40. The second-order valence-electron chi connectivity index (χ2n) is 8.29. The van der Waals surface area contributed by atoms with Gasteiger partial charge in [0.05, 0.1) is 11.2 Å². The number of amides is 1. The van der Waals surface area contributed by atoms with Gasteiger partial charge in [-0.05, 0) is 50.3 Å². The zero-order valence-electron chi connectivity index (χ0n) is 15.1. The van der Waals surface area contributed by atoms with Gasteiger partial charge in [0.25, 0.3) is 5.91 Å². The first-order valence-electron chi connectivity index (χ1n) is 9.40. The Balaban J connectivity index is 1.80. The molecule has 0 spiro atoms. The molecule has 4 rings (SSSR count). The number of nitrogens with zero attached hydrogens (tertiary/aromatic N) is 1. The van der Waals surface area contributed by atoms with Crippen LogP contribution < -0.4 is 5.73 Å². The smallest absolute Gasteiger partial charge is 0.252 e. The number of hydrogen-bond donors (Lipinski definition) is 3. The van der Waals surface area contributed by atoms with E-state index in [2.05, 4.69) is 4.90 Å². The molecule has 2 fully saturated rings. The summed E-state index contributed by atoms with van der Waals surface area (Å²) in [7, 11) is 2.04. The van der Waals surface area contributed by atoms with Gasteiger partial charge in [-0.2, -0.15) is 0 Å². The van der Waals surface area contributed by atoms with E-state index in [4.69, 9.17) is 5.73 Å². The Morgan fingerprint density at radius 2 is 2.08 bits per heavy atom. The number of fused-ring (bicyclic) bond motifs is 3. The maximum absolute atomic E-state index is 12.2. The van der Waals surface area contributed by atoms with E-state index in [0.717, 1.165) is 12.1 Å². The Morgan fingerprint density at radius 1 is 1.35 bits per heavy atom. The lowest BCUT2D eigenvalue weighted by molar-refractivity contribution is -0.134. The normalized spacial score (nSPS) is 30.8. The molecule has 1 aromatic rings. The fraction of sp³-hybridized carbons (Fsp3) is 0.600. The number of benzene rings is 1. The Kier molecular flexibility index (Phi) is 4.08. The summed E-state index contributed by atoms with van der Waals surface area (Å²) in [5.41, 5.74) is 5.77. The van der Waals surface area contributed by atoms with Crippen molar-refractivity contribution in [2.75, 3.05) is 13.6 Å². The third-order valence-corrected chi connectivity index (χ3v) is 6.53. The summed E-state index contributed by atoms with van der Waals surface area (Å²) >= 11 is 0. The van der Waals surface area contributed by atoms with Crippen LogP contribution in [0.4, 0.5) is 0 Å². The van der Waals surface area contributed by atoms with Crippen LogP contribution in [-0.4, -0.2) is 52.0 Å². The van der Waals surface area contributed by atoms with Crippen LogP contribution in [0, 0.1) is 5.92 Å². The summed E-state index contributed by atoms with van der Waals surface area (Å²) < 4.78 is 0. The zero-order chi connectivity index (χ0) is 18.6. The highest BCUT2D eigenvalue weighted by Crippen LogP contribution is 2.52. The Morgan fingerprint density at radius 3 is 2.73 bits per heavy atom. The molecule has 1 amide bonds. The molecule has 26 heavy (non-hydrogen) atoms. The second kappa shape index (κ2) is 6.06. The first-order chi connectivity index (χ1) is 12.3. The van der Waals surface area contributed by atoms with Crippen LogP contribution in [-0.2, 0) is 11.2 Å². The van der Waals surface area contributed by atoms with Crippen LogP contribution in [0.2, 0.25) is 0 Å². The van der Waals surface area contributed by atoms with E-state index in [9.17, 15) is 19.8 Å². The highest BCUT2D eigenvalue weighted by atomic mass is 16.3. The third kappa shape index (κ3) is 2.72. The summed E-state index contributed by atoms with van der Waals surface area (Å²) in [5, 5.41) is 22.3. The lowest BCUT2D eigenvalue weighted by Gasteiger charge is -2.52. The average molecular weight is 358 g/mol. The van der Waals surface area contributed by atoms with Crippen molar-refractivity contribution < 1.29 is 19.8 Å². The molecule has 1 aromatic carbocycles. The molecular formula is C20H26N2O4. The lowest BCUT2D eigenvalue weighted by atomic mass is 9.61. The van der Waals surface area contributed by atoms with Crippen LogP contribution in [0.3, 0.4) is 0 Å². The van der Waals surface area contributed by atoms with E-state index in [1.807, 2.05) is 13.1 Å². The van der Waals surface area contributed by atoms with Crippen LogP contribution in [0.15, 0.2) is 12.1 Å². The number of carbonyl (C=O) groups is 2. The molecule has 3 aliphatic carbocycles. The van der Waals surface area contributed by atoms with Crippen LogP contribution in [0.5, 0.6) is 5.75 Å². The Bertz CT molecular complexity index is 773. The molecule has 0 aromatic heterocycles. The van der Waals surface area contributed by atoms with Gasteiger partial charge in [-0.15, -0.1) is 0 Å². The molecule has 140 valence electrons. The van der Waals surface area contributed by atoms with Crippen molar-refractivity contribution in [3.05, 3.63) is 28.8 Å². The molecular weight excluding hydrogens is 332 g/mol. The van der Waals surface area contributed by atoms with E-state index in [1.54, 1.807) is 6.07 Å². The molecule has 0 saturated heterocycles. The number of aliphatic hydroxyl groups is 1. The van der Waals surface area contributed by atoms with Gasteiger partial charge < -0.3 is 15.9 Å². The number of rotatable bonds is 4. The zero-order valence-corrected chi connectivity index (χ0v) is 15.1. The van der Waals surface area contributed by atoms with Crippen LogP contribution >= 0.6 is 0 Å². The Hall–Kier alpha value is -1.92. The third-order valence-electron chi connectivity index (χ3n) is 6.53. The first kappa shape index (κ1) is 17.5. The molecule has 2 saturated carbocycles. The minimum absolute atomic E-state index is 0.0499. The molecule has 0 aliphatic heterocycles. The summed E-state index contributed by atoms with van der Waals surface area (Å²) in [6.07, 6.45) is 3.98. The number of phenols is 1. The second-order valence-corrected chi connectivity index (χ2v) is 8.29. The highest BCUT2D eigenvalue weighted by Gasteiger charge is 2.54. The van der Waals surface area contributed by atoms with Crippen molar-refractivity contribution in [3.63, 3.8) is 0 Å². The van der Waals surface area contributed by atoms with Gasteiger partial charge in [-0.25, -0.2) is 0 Å². The predicted octanol–water partition coefficient (Wildman–Crippen LogP) is 1.33. The maximum atomic E-state index is 12.2. The molecule has 1 unspecified atom stereocenters. The SMILES string of the molecule is CN(CC1CC1)[C@@H]1Cc2ccc(C(N)=O)c(O)c2C2CC(=O)CC[C@]21O. The minimum atomic E-state index is -1.09. The van der Waals surface area contributed by atoms with E-state index in [0.29, 0.717) is 30.7 Å². The van der Waals surface area contributed by atoms with Gasteiger partial charge in [0.15, 0.2) is 0 Å². The van der Waals surface area contributed by atoms with E-state index >= 15 is 0 Å². The molecule has 3 atom stereocenters. The fourth-order valence-electron chi connectivity index (χ4n) is 4.94. The number of Topliss-reactive ketones (excluding diaryl/α,β-unsaturated/α-hetero) is 1. The molecule has 6 heteroatoms. The topological polar surface area (TPSA) is 104 Å². The number of nitrogens with two attached hydrogens (primary N) is 1. The average Bonchev–Trinajstić information content (AvgIpc) is 3.38. The van der Waals surface area contributed by atoms with E-state index in [1.165, 1.54) is 12.8 Å². The van der Waals surface area contributed by atoms with Gasteiger partial charge in [0.1, 0.15) is 11.5 Å². The van der Waals surface area contributed by atoms with Gasteiger partial charge in [0.2, 0.25) is 0 Å². The predicted molar refractivity (Wildman–Crippen MR) is 96.0 cm³/mol. The monoisotopic (exact) mass is 358 g/mol. The molecule has 0 heterocycles. The highest BCUT2D eigenvalue weighted by molar-refractivity contribution is 5.96. The van der Waals surface area contributed by atoms with Crippen molar-refractivity contribution in [1.29, 1.82) is 0 Å².